The van der Waals surface area contributed by atoms with Gasteiger partial charge in [-0.25, -0.2) is 0 Å². The van der Waals surface area contributed by atoms with E-state index in [2.05, 4.69) is 24.0 Å². The molecule has 1 aliphatic heterocycles. The summed E-state index contributed by atoms with van der Waals surface area (Å²) < 4.78 is 5.61. The van der Waals surface area contributed by atoms with Gasteiger partial charge < -0.3 is 9.84 Å². The molecule has 0 spiro atoms. The minimum Gasteiger partial charge on any atom is -0.494 e. The van der Waals surface area contributed by atoms with Gasteiger partial charge in [0.15, 0.2) is 0 Å². The molecule has 0 aliphatic carbocycles. The highest BCUT2D eigenvalue weighted by Crippen LogP contribution is 2.29. The van der Waals surface area contributed by atoms with Gasteiger partial charge in [0.25, 0.3) is 0 Å². The fourth-order valence-electron chi connectivity index (χ4n) is 2.74. The Morgan fingerprint density at radius 2 is 1.89 bits per heavy atom. The second-order valence-corrected chi connectivity index (χ2v) is 5.19. The van der Waals surface area contributed by atoms with Gasteiger partial charge >= 0.3 is 0 Å². The van der Waals surface area contributed by atoms with Crippen LogP contribution in [0.15, 0.2) is 24.3 Å². The van der Waals surface area contributed by atoms with E-state index in [1.807, 2.05) is 12.1 Å². The molecule has 0 saturated carbocycles. The zero-order chi connectivity index (χ0) is 13.5. The lowest BCUT2D eigenvalue weighted by atomic mass is 10.0. The number of aliphatic hydroxyl groups excluding tert-OH is 1. The molecule has 3 nitrogen and oxygen atoms in total. The van der Waals surface area contributed by atoms with Crippen LogP contribution in [0, 0.1) is 0 Å². The fourth-order valence-corrected chi connectivity index (χ4v) is 2.74. The van der Waals surface area contributed by atoms with Gasteiger partial charge in [-0.2, -0.15) is 0 Å². The first-order valence-corrected chi connectivity index (χ1v) is 7.43. The van der Waals surface area contributed by atoms with Crippen molar-refractivity contribution in [3.63, 3.8) is 0 Å². The van der Waals surface area contributed by atoms with Crippen LogP contribution >= 0.6 is 0 Å². The molecule has 1 atom stereocenters. The van der Waals surface area contributed by atoms with E-state index in [9.17, 15) is 5.11 Å². The maximum atomic E-state index is 9.28. The van der Waals surface area contributed by atoms with Gasteiger partial charge in [0.2, 0.25) is 0 Å². The summed E-state index contributed by atoms with van der Waals surface area (Å²) in [5.74, 6) is 0.940. The van der Waals surface area contributed by atoms with E-state index in [1.54, 1.807) is 0 Å². The van der Waals surface area contributed by atoms with Gasteiger partial charge in [0.05, 0.1) is 6.61 Å². The van der Waals surface area contributed by atoms with Crippen molar-refractivity contribution in [2.24, 2.45) is 0 Å². The summed E-state index contributed by atoms with van der Waals surface area (Å²) in [5.41, 5.74) is 1.29. The molecule has 1 unspecified atom stereocenters. The Balaban J connectivity index is 2.03. The molecule has 0 aromatic heterocycles. The largest absolute Gasteiger partial charge is 0.494 e. The van der Waals surface area contributed by atoms with Crippen molar-refractivity contribution < 1.29 is 9.84 Å². The summed E-state index contributed by atoms with van der Waals surface area (Å²) in [6.07, 6.45) is 4.40. The minimum atomic E-state index is 0.245. The molecule has 1 saturated heterocycles. The first-order valence-electron chi connectivity index (χ1n) is 7.43. The number of rotatable bonds is 7. The van der Waals surface area contributed by atoms with Crippen molar-refractivity contribution in [2.75, 3.05) is 26.3 Å². The SMILES string of the molecule is CCCOc1ccc(C(CCO)N2CCCC2)cc1. The summed E-state index contributed by atoms with van der Waals surface area (Å²) in [7, 11) is 0. The van der Waals surface area contributed by atoms with Crippen molar-refractivity contribution in [1.29, 1.82) is 0 Å². The molecule has 1 aromatic carbocycles. The van der Waals surface area contributed by atoms with Crippen LogP contribution in [-0.4, -0.2) is 36.3 Å². The van der Waals surface area contributed by atoms with E-state index in [-0.39, 0.29) is 6.61 Å². The van der Waals surface area contributed by atoms with Gasteiger partial charge in [-0.1, -0.05) is 19.1 Å². The molecule has 0 radical (unpaired) electrons. The van der Waals surface area contributed by atoms with E-state index in [0.717, 1.165) is 38.3 Å². The van der Waals surface area contributed by atoms with E-state index >= 15 is 0 Å². The Labute approximate surface area is 116 Å². The van der Waals surface area contributed by atoms with Crippen LogP contribution in [0.5, 0.6) is 5.75 Å². The third-order valence-electron chi connectivity index (χ3n) is 3.72. The Hall–Kier alpha value is -1.06. The second kappa shape index (κ2) is 7.51. The van der Waals surface area contributed by atoms with Gasteiger partial charge in [-0.05, 0) is 56.5 Å². The zero-order valence-corrected chi connectivity index (χ0v) is 11.8. The third-order valence-corrected chi connectivity index (χ3v) is 3.72. The fraction of sp³-hybridized carbons (Fsp3) is 0.625. The lowest BCUT2D eigenvalue weighted by Gasteiger charge is -2.27. The van der Waals surface area contributed by atoms with E-state index in [1.165, 1.54) is 18.4 Å². The molecule has 1 aromatic rings. The van der Waals surface area contributed by atoms with Crippen molar-refractivity contribution >= 4 is 0 Å². The number of nitrogens with zero attached hydrogens (tertiary/aromatic N) is 1. The molecular weight excluding hydrogens is 238 g/mol. The average Bonchev–Trinajstić information content (AvgIpc) is 2.97. The number of hydrogen-bond acceptors (Lipinski definition) is 3. The van der Waals surface area contributed by atoms with Crippen molar-refractivity contribution in [3.8, 4) is 5.75 Å². The first kappa shape index (κ1) is 14.4. The highest BCUT2D eigenvalue weighted by Gasteiger charge is 2.22. The second-order valence-electron chi connectivity index (χ2n) is 5.19. The summed E-state index contributed by atoms with van der Waals surface area (Å²) in [4.78, 5) is 2.48. The highest BCUT2D eigenvalue weighted by molar-refractivity contribution is 5.29. The molecule has 1 fully saturated rings. The van der Waals surface area contributed by atoms with E-state index in [4.69, 9.17) is 4.74 Å². The third kappa shape index (κ3) is 3.95. The number of hydrogen-bond donors (Lipinski definition) is 1. The van der Waals surface area contributed by atoms with Crippen LogP contribution in [0.3, 0.4) is 0 Å². The molecule has 0 bridgehead atoms. The van der Waals surface area contributed by atoms with E-state index < -0.39 is 0 Å². The Kier molecular flexibility index (Phi) is 5.67. The van der Waals surface area contributed by atoms with Gasteiger partial charge in [0.1, 0.15) is 5.75 Å². The van der Waals surface area contributed by atoms with Crippen molar-refractivity contribution in [3.05, 3.63) is 29.8 Å². The van der Waals surface area contributed by atoms with Gasteiger partial charge in [-0.3, -0.25) is 4.90 Å². The quantitative estimate of drug-likeness (QED) is 0.821. The van der Waals surface area contributed by atoms with Crippen LogP contribution in [0.25, 0.3) is 0 Å². The number of benzene rings is 1. The molecule has 1 aliphatic rings. The van der Waals surface area contributed by atoms with Gasteiger partial charge in [0, 0.05) is 12.6 Å². The van der Waals surface area contributed by atoms with Crippen LogP contribution < -0.4 is 4.74 Å². The zero-order valence-electron chi connectivity index (χ0n) is 11.8. The minimum absolute atomic E-state index is 0.245. The molecule has 2 rings (SSSR count). The normalized spacial score (nSPS) is 17.6. The Morgan fingerprint density at radius 1 is 1.21 bits per heavy atom. The van der Waals surface area contributed by atoms with Crippen LogP contribution in [0.4, 0.5) is 0 Å². The molecule has 19 heavy (non-hydrogen) atoms. The van der Waals surface area contributed by atoms with Crippen LogP contribution in [-0.2, 0) is 0 Å². The monoisotopic (exact) mass is 263 g/mol. The summed E-state index contributed by atoms with van der Waals surface area (Å²) >= 11 is 0. The summed E-state index contributed by atoms with van der Waals surface area (Å²) in [5, 5.41) is 9.28. The molecule has 106 valence electrons. The lowest BCUT2D eigenvalue weighted by molar-refractivity contribution is 0.185. The smallest absolute Gasteiger partial charge is 0.119 e. The van der Waals surface area contributed by atoms with E-state index in [0.29, 0.717) is 6.04 Å². The number of aliphatic hydroxyl groups is 1. The number of likely N-dealkylation sites (tertiary alicyclic amines) is 1. The molecular formula is C16H25NO2. The molecule has 0 amide bonds. The predicted molar refractivity (Wildman–Crippen MR) is 77.5 cm³/mol. The van der Waals surface area contributed by atoms with Crippen molar-refractivity contribution in [2.45, 2.75) is 38.6 Å². The first-order chi connectivity index (χ1) is 9.35. The maximum Gasteiger partial charge on any atom is 0.119 e. The highest BCUT2D eigenvalue weighted by atomic mass is 16.5. The van der Waals surface area contributed by atoms with Gasteiger partial charge in [-0.15, -0.1) is 0 Å². The number of ether oxygens (including phenoxy) is 1. The summed E-state index contributed by atoms with van der Waals surface area (Å²) in [6.45, 7) is 5.43. The molecule has 1 heterocycles. The summed E-state index contributed by atoms with van der Waals surface area (Å²) in [6, 6.07) is 8.73. The average molecular weight is 263 g/mol. The van der Waals surface area contributed by atoms with Crippen molar-refractivity contribution in [1.82, 2.24) is 4.90 Å². The van der Waals surface area contributed by atoms with Crippen LogP contribution in [0.1, 0.15) is 44.2 Å². The molecule has 1 N–H and O–H groups in total. The Bertz CT molecular complexity index is 358. The lowest BCUT2D eigenvalue weighted by Crippen LogP contribution is -2.26. The topological polar surface area (TPSA) is 32.7 Å². The predicted octanol–water partition coefficient (Wildman–Crippen LogP) is 2.99. The maximum absolute atomic E-state index is 9.28. The van der Waals surface area contributed by atoms with Crippen LogP contribution in [0.2, 0.25) is 0 Å². The standard InChI is InChI=1S/C16H25NO2/c1-2-13-19-15-7-5-14(6-8-15)16(9-12-18)17-10-3-4-11-17/h5-8,16,18H,2-4,9-13H2,1H3. The molecule has 3 heteroatoms. The Morgan fingerprint density at radius 3 is 2.47 bits per heavy atom.